The van der Waals surface area contributed by atoms with Crippen molar-refractivity contribution in [1.29, 1.82) is 0 Å². The number of benzene rings is 2. The van der Waals surface area contributed by atoms with E-state index in [1.54, 1.807) is 6.07 Å². The minimum atomic E-state index is -0.409. The lowest BCUT2D eigenvalue weighted by molar-refractivity contribution is -0.139. The molecule has 1 saturated heterocycles. The van der Waals surface area contributed by atoms with Crippen LogP contribution in [0, 0.1) is 5.82 Å². The number of nitrogens with zero attached hydrogens (tertiary/aromatic N) is 2. The van der Waals surface area contributed by atoms with Gasteiger partial charge in [-0.05, 0) is 47.5 Å². The van der Waals surface area contributed by atoms with E-state index in [0.717, 1.165) is 6.54 Å². The highest BCUT2D eigenvalue weighted by Gasteiger charge is 2.39. The summed E-state index contributed by atoms with van der Waals surface area (Å²) in [5, 5.41) is 3.70. The molecule has 0 saturated carbocycles. The summed E-state index contributed by atoms with van der Waals surface area (Å²) in [6.45, 7) is 3.70. The van der Waals surface area contributed by atoms with Crippen LogP contribution in [0.2, 0.25) is 5.02 Å². The Bertz CT molecular complexity index is 922. The molecule has 2 aliphatic heterocycles. The monoisotopic (exact) mass is 403 g/mol. The Hall–Kier alpha value is -2.18. The van der Waals surface area contributed by atoms with Crippen molar-refractivity contribution in [3.8, 4) is 0 Å². The maximum atomic E-state index is 13.2. The number of carbonyl (C=O) groups is 1. The third-order valence-electron chi connectivity index (χ3n) is 5.23. The highest BCUT2D eigenvalue weighted by Crippen LogP contribution is 2.38. The van der Waals surface area contributed by atoms with Gasteiger partial charge in [-0.3, -0.25) is 4.79 Å². The van der Waals surface area contributed by atoms with Gasteiger partial charge < -0.3 is 15.1 Å². The molecule has 1 N–H and O–H groups in total. The Morgan fingerprint density at radius 2 is 1.96 bits per heavy atom. The predicted molar refractivity (Wildman–Crippen MR) is 109 cm³/mol. The van der Waals surface area contributed by atoms with Gasteiger partial charge in [0.1, 0.15) is 5.82 Å². The average Bonchev–Trinajstić information content (AvgIpc) is 2.65. The van der Waals surface area contributed by atoms with Gasteiger partial charge in [-0.1, -0.05) is 42.8 Å². The number of piperazine rings is 1. The quantitative estimate of drug-likeness (QED) is 0.724. The van der Waals surface area contributed by atoms with Crippen molar-refractivity contribution >= 4 is 40.5 Å². The number of hydrogen-bond donors (Lipinski definition) is 1. The van der Waals surface area contributed by atoms with Crippen molar-refractivity contribution in [1.82, 2.24) is 9.80 Å². The van der Waals surface area contributed by atoms with Crippen LogP contribution in [-0.2, 0) is 4.79 Å². The summed E-state index contributed by atoms with van der Waals surface area (Å²) in [7, 11) is 0. The lowest BCUT2D eigenvalue weighted by Gasteiger charge is -2.47. The first-order valence-corrected chi connectivity index (χ1v) is 9.62. The summed E-state index contributed by atoms with van der Waals surface area (Å²) in [5.74, 6) is -0.0359. The van der Waals surface area contributed by atoms with Gasteiger partial charge in [0.05, 0.1) is 23.3 Å². The van der Waals surface area contributed by atoms with Crippen LogP contribution in [0.15, 0.2) is 42.5 Å². The zero-order chi connectivity index (χ0) is 19.1. The number of amides is 1. The molecule has 27 heavy (non-hydrogen) atoms. The summed E-state index contributed by atoms with van der Waals surface area (Å²) in [6.07, 6.45) is 0. The van der Waals surface area contributed by atoms with E-state index in [0.29, 0.717) is 23.3 Å². The molecule has 0 unspecified atom stereocenters. The van der Waals surface area contributed by atoms with Crippen molar-refractivity contribution < 1.29 is 9.18 Å². The topological polar surface area (TPSA) is 35.6 Å². The number of anilines is 1. The first kappa shape index (κ1) is 18.2. The van der Waals surface area contributed by atoms with Crippen molar-refractivity contribution in [2.24, 2.45) is 0 Å². The Morgan fingerprint density at radius 1 is 1.22 bits per heavy atom. The van der Waals surface area contributed by atoms with Crippen LogP contribution in [0.4, 0.5) is 10.1 Å². The van der Waals surface area contributed by atoms with Crippen LogP contribution >= 0.6 is 23.8 Å². The zero-order valence-corrected chi connectivity index (χ0v) is 16.4. The standard InChI is InChI=1S/C20H19ClFN3OS/c1-12-9-25-18(15-5-3-2-4-14(12)15)10-24(11-19(25)26)20(27)23-17-7-6-13(22)8-16(17)21/h2-8,12,18H,9-11H2,1H3,(H,23,27)/t12-,18+/m0/s1. The fraction of sp³-hybridized carbons (Fsp3) is 0.300. The molecule has 2 atom stereocenters. The predicted octanol–water partition coefficient (Wildman–Crippen LogP) is 4.18. The summed E-state index contributed by atoms with van der Waals surface area (Å²) in [4.78, 5) is 16.6. The van der Waals surface area contributed by atoms with Gasteiger partial charge in [0, 0.05) is 13.1 Å². The van der Waals surface area contributed by atoms with E-state index < -0.39 is 5.82 Å². The fourth-order valence-corrected chi connectivity index (χ4v) is 4.35. The van der Waals surface area contributed by atoms with E-state index in [-0.39, 0.29) is 23.5 Å². The smallest absolute Gasteiger partial charge is 0.242 e. The third kappa shape index (κ3) is 3.39. The Kier molecular flexibility index (Phi) is 4.78. The van der Waals surface area contributed by atoms with Crippen LogP contribution in [0.3, 0.4) is 0 Å². The minimum Gasteiger partial charge on any atom is -0.337 e. The van der Waals surface area contributed by atoms with Crippen molar-refractivity contribution in [3.05, 3.63) is 64.4 Å². The van der Waals surface area contributed by atoms with E-state index in [9.17, 15) is 9.18 Å². The first-order valence-electron chi connectivity index (χ1n) is 8.83. The number of thiocarbonyl (C=S) groups is 1. The molecule has 0 radical (unpaired) electrons. The van der Waals surface area contributed by atoms with Crippen LogP contribution in [0.25, 0.3) is 0 Å². The molecule has 1 fully saturated rings. The molecule has 0 aliphatic carbocycles. The molecule has 7 heteroatoms. The normalized spacial score (nSPS) is 21.5. The van der Waals surface area contributed by atoms with Crippen molar-refractivity contribution in [2.45, 2.75) is 18.9 Å². The van der Waals surface area contributed by atoms with Crippen LogP contribution in [0.5, 0.6) is 0 Å². The minimum absolute atomic E-state index is 0.0258. The first-order chi connectivity index (χ1) is 12.9. The van der Waals surface area contributed by atoms with Gasteiger partial charge in [0.25, 0.3) is 0 Å². The Balaban J connectivity index is 1.57. The molecule has 2 aliphatic rings. The second-order valence-corrected chi connectivity index (χ2v) is 7.82. The molecule has 140 valence electrons. The largest absolute Gasteiger partial charge is 0.337 e. The van der Waals surface area contributed by atoms with Gasteiger partial charge in [-0.25, -0.2) is 4.39 Å². The van der Waals surface area contributed by atoms with Gasteiger partial charge >= 0.3 is 0 Å². The molecule has 2 aromatic rings. The van der Waals surface area contributed by atoms with E-state index in [2.05, 4.69) is 24.4 Å². The molecule has 1 amide bonds. The second-order valence-electron chi connectivity index (χ2n) is 7.03. The lowest BCUT2D eigenvalue weighted by Crippen LogP contribution is -2.56. The van der Waals surface area contributed by atoms with E-state index in [1.807, 2.05) is 21.9 Å². The third-order valence-corrected chi connectivity index (χ3v) is 5.91. The molecule has 2 heterocycles. The molecule has 0 aromatic heterocycles. The SMILES string of the molecule is C[C@H]1CN2C(=O)CN(C(=S)Nc3ccc(F)cc3Cl)C[C@@H]2c2ccccc21. The number of hydrogen-bond acceptors (Lipinski definition) is 2. The maximum Gasteiger partial charge on any atom is 0.242 e. The van der Waals surface area contributed by atoms with Crippen LogP contribution < -0.4 is 5.32 Å². The number of carbonyl (C=O) groups excluding carboxylic acids is 1. The number of nitrogens with one attached hydrogen (secondary N) is 1. The van der Waals surface area contributed by atoms with Crippen molar-refractivity contribution in [2.75, 3.05) is 25.0 Å². The number of fused-ring (bicyclic) bond motifs is 3. The zero-order valence-electron chi connectivity index (χ0n) is 14.8. The van der Waals surface area contributed by atoms with Crippen LogP contribution in [-0.4, -0.2) is 40.5 Å². The van der Waals surface area contributed by atoms with E-state index in [1.165, 1.54) is 23.3 Å². The number of rotatable bonds is 1. The Morgan fingerprint density at radius 3 is 2.70 bits per heavy atom. The lowest BCUT2D eigenvalue weighted by atomic mass is 9.85. The summed E-state index contributed by atoms with van der Waals surface area (Å²) >= 11 is 11.6. The molecular formula is C20H19ClFN3OS. The molecule has 4 nitrogen and oxygen atoms in total. The van der Waals surface area contributed by atoms with Gasteiger partial charge in [-0.2, -0.15) is 0 Å². The summed E-state index contributed by atoms with van der Waals surface area (Å²) in [6, 6.07) is 12.3. The molecule has 0 bridgehead atoms. The molecular weight excluding hydrogens is 385 g/mol. The summed E-state index contributed by atoms with van der Waals surface area (Å²) < 4.78 is 13.2. The second kappa shape index (κ2) is 7.09. The number of halogens is 2. The van der Waals surface area contributed by atoms with Crippen molar-refractivity contribution in [3.63, 3.8) is 0 Å². The van der Waals surface area contributed by atoms with Gasteiger partial charge in [0.2, 0.25) is 5.91 Å². The highest BCUT2D eigenvalue weighted by atomic mass is 35.5. The van der Waals surface area contributed by atoms with Gasteiger partial charge in [0.15, 0.2) is 5.11 Å². The Labute approximate surface area is 167 Å². The maximum absolute atomic E-state index is 13.2. The average molecular weight is 404 g/mol. The van der Waals surface area contributed by atoms with Gasteiger partial charge in [-0.15, -0.1) is 0 Å². The highest BCUT2D eigenvalue weighted by molar-refractivity contribution is 7.80. The molecule has 0 spiro atoms. The fourth-order valence-electron chi connectivity index (χ4n) is 3.89. The molecule has 4 rings (SSSR count). The van der Waals surface area contributed by atoms with E-state index in [4.69, 9.17) is 23.8 Å². The van der Waals surface area contributed by atoms with Crippen LogP contribution in [0.1, 0.15) is 30.0 Å². The molecule has 2 aromatic carbocycles. The van der Waals surface area contributed by atoms with E-state index >= 15 is 0 Å². The summed E-state index contributed by atoms with van der Waals surface area (Å²) in [5.41, 5.74) is 2.99.